The Hall–Kier alpha value is -1.72. The van der Waals surface area contributed by atoms with Crippen molar-refractivity contribution >= 4 is 34.7 Å². The fourth-order valence-corrected chi connectivity index (χ4v) is 1.71. The van der Waals surface area contributed by atoms with E-state index in [1.54, 1.807) is 12.1 Å². The van der Waals surface area contributed by atoms with E-state index >= 15 is 0 Å². The molecule has 5 heteroatoms. The van der Waals surface area contributed by atoms with Crippen LogP contribution < -0.4 is 22.6 Å². The van der Waals surface area contributed by atoms with Gasteiger partial charge in [-0.3, -0.25) is 0 Å². The highest BCUT2D eigenvalue weighted by Gasteiger charge is 2.14. The van der Waals surface area contributed by atoms with Crippen LogP contribution in [0.25, 0.3) is 10.8 Å². The van der Waals surface area contributed by atoms with Gasteiger partial charge in [-0.2, -0.15) is 0 Å². The summed E-state index contributed by atoms with van der Waals surface area (Å²) in [5.74, 6) is 0. The quantitative estimate of drug-likeness (QED) is 0.374. The molecule has 0 amide bonds. The van der Waals surface area contributed by atoms with E-state index in [0.29, 0.717) is 16.8 Å². The lowest BCUT2D eigenvalue weighted by Crippen LogP contribution is -2.41. The van der Waals surface area contributed by atoms with Crippen LogP contribution in [-0.4, -0.2) is 12.1 Å². The second-order valence-electron chi connectivity index (χ2n) is 3.46. The number of benzene rings is 2. The van der Waals surface area contributed by atoms with E-state index in [1.807, 2.05) is 18.2 Å². The van der Waals surface area contributed by atoms with E-state index in [-0.39, 0.29) is 0 Å². The molecule has 0 aliphatic rings. The van der Waals surface area contributed by atoms with E-state index in [9.17, 15) is 5.02 Å². The molecule has 0 spiro atoms. The summed E-state index contributed by atoms with van der Waals surface area (Å²) in [5.41, 5.74) is 18.7. The average molecular weight is 201 g/mol. The summed E-state index contributed by atoms with van der Waals surface area (Å²) in [7, 11) is -1.07. The third kappa shape index (κ3) is 1.52. The van der Waals surface area contributed by atoms with Crippen molar-refractivity contribution in [3.05, 3.63) is 30.3 Å². The van der Waals surface area contributed by atoms with E-state index in [0.717, 1.165) is 10.8 Å². The lowest BCUT2D eigenvalue weighted by molar-refractivity contribution is 0.588. The molecule has 2 rings (SSSR count). The fraction of sp³-hybridized carbons (Fsp3) is 0. The van der Waals surface area contributed by atoms with Crippen LogP contribution in [0.3, 0.4) is 0 Å². The van der Waals surface area contributed by atoms with Crippen LogP contribution >= 0.6 is 0 Å². The Morgan fingerprint density at radius 3 is 2.47 bits per heavy atom. The van der Waals surface area contributed by atoms with Crippen LogP contribution in [0.5, 0.6) is 0 Å². The standard InChI is InChI=1S/C10H12BN3O/c12-8-3-1-2-6-4-5-7(11(14)15)10(13)9(6)8/h1-5,15H,12-14H2. The molecule has 15 heavy (non-hydrogen) atoms. The van der Waals surface area contributed by atoms with Crippen LogP contribution in [0.2, 0.25) is 0 Å². The zero-order valence-corrected chi connectivity index (χ0v) is 8.14. The Bertz CT molecular complexity index is 513. The van der Waals surface area contributed by atoms with Gasteiger partial charge in [-0.1, -0.05) is 24.3 Å². The SMILES string of the molecule is NB(O)c1ccc2cccc(N)c2c1N. The predicted octanol–water partition coefficient (Wildman–Crippen LogP) is -0.350. The monoisotopic (exact) mass is 201 g/mol. The Balaban J connectivity index is 2.83. The smallest absolute Gasteiger partial charge is 0.412 e. The second-order valence-corrected chi connectivity index (χ2v) is 3.46. The molecule has 7 N–H and O–H groups in total. The first-order valence-electron chi connectivity index (χ1n) is 4.61. The summed E-state index contributed by atoms with van der Waals surface area (Å²) >= 11 is 0. The minimum atomic E-state index is -1.07. The number of rotatable bonds is 1. The molecule has 0 heterocycles. The van der Waals surface area contributed by atoms with Gasteiger partial charge >= 0.3 is 7.05 Å². The first-order chi connectivity index (χ1) is 7.11. The molecule has 0 saturated heterocycles. The van der Waals surface area contributed by atoms with Gasteiger partial charge in [-0.25, -0.2) is 0 Å². The highest BCUT2D eigenvalue weighted by atomic mass is 16.2. The van der Waals surface area contributed by atoms with Gasteiger partial charge in [0, 0.05) is 16.8 Å². The summed E-state index contributed by atoms with van der Waals surface area (Å²) in [4.78, 5) is 0. The molecule has 0 radical (unpaired) electrons. The van der Waals surface area contributed by atoms with Crippen molar-refractivity contribution in [1.82, 2.24) is 0 Å². The maximum atomic E-state index is 9.31. The molecule has 0 bridgehead atoms. The fourth-order valence-electron chi connectivity index (χ4n) is 1.71. The van der Waals surface area contributed by atoms with E-state index in [1.165, 1.54) is 0 Å². The summed E-state index contributed by atoms with van der Waals surface area (Å²) in [6.45, 7) is 0. The lowest BCUT2D eigenvalue weighted by atomic mass is 9.74. The molecule has 0 fully saturated rings. The third-order valence-corrected chi connectivity index (χ3v) is 2.47. The summed E-state index contributed by atoms with van der Waals surface area (Å²) in [6.07, 6.45) is 0. The van der Waals surface area contributed by atoms with Crippen LogP contribution in [0.4, 0.5) is 11.4 Å². The van der Waals surface area contributed by atoms with Crippen LogP contribution in [-0.2, 0) is 0 Å². The van der Waals surface area contributed by atoms with Crippen LogP contribution in [0.15, 0.2) is 30.3 Å². The number of hydrogen-bond acceptors (Lipinski definition) is 4. The van der Waals surface area contributed by atoms with Crippen molar-refractivity contribution in [2.24, 2.45) is 5.64 Å². The van der Waals surface area contributed by atoms with Gasteiger partial charge in [0.05, 0.1) is 0 Å². The highest BCUT2D eigenvalue weighted by Crippen LogP contribution is 2.25. The second kappa shape index (κ2) is 3.45. The average Bonchev–Trinajstić information content (AvgIpc) is 2.17. The first kappa shape index (κ1) is 9.83. The minimum Gasteiger partial charge on any atom is -0.434 e. The van der Waals surface area contributed by atoms with E-state index < -0.39 is 7.05 Å². The molecule has 0 aliphatic carbocycles. The molecule has 0 saturated carbocycles. The predicted molar refractivity (Wildman–Crippen MR) is 64.6 cm³/mol. The molecule has 0 aliphatic heterocycles. The van der Waals surface area contributed by atoms with E-state index in [4.69, 9.17) is 17.1 Å². The van der Waals surface area contributed by atoms with Crippen LogP contribution in [0.1, 0.15) is 0 Å². The van der Waals surface area contributed by atoms with Crippen molar-refractivity contribution in [3.63, 3.8) is 0 Å². The topological polar surface area (TPSA) is 98.3 Å². The number of nitrogen functional groups attached to an aromatic ring is 2. The largest absolute Gasteiger partial charge is 0.434 e. The summed E-state index contributed by atoms with van der Waals surface area (Å²) < 4.78 is 0. The molecule has 4 nitrogen and oxygen atoms in total. The van der Waals surface area contributed by atoms with Crippen molar-refractivity contribution in [1.29, 1.82) is 0 Å². The van der Waals surface area contributed by atoms with E-state index in [2.05, 4.69) is 0 Å². The van der Waals surface area contributed by atoms with Gasteiger partial charge in [0.25, 0.3) is 0 Å². The van der Waals surface area contributed by atoms with Crippen molar-refractivity contribution < 1.29 is 5.02 Å². The lowest BCUT2D eigenvalue weighted by Gasteiger charge is -2.10. The Morgan fingerprint density at radius 1 is 1.07 bits per heavy atom. The maximum absolute atomic E-state index is 9.31. The van der Waals surface area contributed by atoms with Gasteiger partial charge in [0.15, 0.2) is 0 Å². The zero-order valence-electron chi connectivity index (χ0n) is 8.14. The molecule has 0 aromatic heterocycles. The van der Waals surface area contributed by atoms with Crippen LogP contribution in [0, 0.1) is 0 Å². The van der Waals surface area contributed by atoms with Crippen molar-refractivity contribution in [2.45, 2.75) is 0 Å². The minimum absolute atomic E-state index is 0.445. The summed E-state index contributed by atoms with van der Waals surface area (Å²) in [5, 5.41) is 11.0. The normalized spacial score (nSPS) is 10.5. The Kier molecular flexibility index (Phi) is 2.26. The molecule has 0 atom stereocenters. The molecule has 76 valence electrons. The highest BCUT2D eigenvalue weighted by molar-refractivity contribution is 6.65. The van der Waals surface area contributed by atoms with Gasteiger partial charge in [0.1, 0.15) is 0 Å². The summed E-state index contributed by atoms with van der Waals surface area (Å²) in [6, 6.07) is 9.09. The molecule has 2 aromatic rings. The van der Waals surface area contributed by atoms with Gasteiger partial charge in [-0.05, 0) is 16.9 Å². The Labute approximate surface area is 87.8 Å². The molecule has 0 unspecified atom stereocenters. The maximum Gasteiger partial charge on any atom is 0.412 e. The third-order valence-electron chi connectivity index (χ3n) is 2.47. The number of fused-ring (bicyclic) bond motifs is 1. The number of hydrogen-bond donors (Lipinski definition) is 4. The van der Waals surface area contributed by atoms with Crippen molar-refractivity contribution in [2.75, 3.05) is 11.5 Å². The number of nitrogens with two attached hydrogens (primary N) is 3. The van der Waals surface area contributed by atoms with Crippen molar-refractivity contribution in [3.8, 4) is 0 Å². The molecular formula is C10H12BN3O. The van der Waals surface area contributed by atoms with Gasteiger partial charge in [0.2, 0.25) is 0 Å². The zero-order chi connectivity index (χ0) is 11.0. The molecule has 2 aromatic carbocycles. The first-order valence-corrected chi connectivity index (χ1v) is 4.61. The van der Waals surface area contributed by atoms with Gasteiger partial charge < -0.3 is 22.1 Å². The number of anilines is 2. The molecular weight excluding hydrogens is 189 g/mol. The Morgan fingerprint density at radius 2 is 1.80 bits per heavy atom. The van der Waals surface area contributed by atoms with Gasteiger partial charge in [-0.15, -0.1) is 0 Å².